The van der Waals surface area contributed by atoms with Gasteiger partial charge in [-0.1, -0.05) is 6.07 Å². The van der Waals surface area contributed by atoms with E-state index in [-0.39, 0.29) is 5.88 Å². The molecule has 0 spiro atoms. The number of rotatable bonds is 3. The van der Waals surface area contributed by atoms with Crippen molar-refractivity contribution in [1.82, 2.24) is 4.98 Å². The number of methoxy groups -OCH3 is 1. The summed E-state index contributed by atoms with van der Waals surface area (Å²) in [6.07, 6.45) is 0. The summed E-state index contributed by atoms with van der Waals surface area (Å²) >= 11 is 3.17. The summed E-state index contributed by atoms with van der Waals surface area (Å²) in [7, 11) is 1.57. The van der Waals surface area contributed by atoms with Crippen LogP contribution in [0.25, 0.3) is 0 Å². The maximum Gasteiger partial charge on any atom is 0.256 e. The maximum absolute atomic E-state index is 13.5. The van der Waals surface area contributed by atoms with Crippen LogP contribution in [-0.4, -0.2) is 12.1 Å². The standard InChI is InChI=1S/C13H11BrFNO2/c1-8-3-4-9(7-11(8)17-2)18-13-10(15)5-6-12(14)16-13/h3-7H,1-2H3. The second-order valence-corrected chi connectivity index (χ2v) is 4.47. The summed E-state index contributed by atoms with van der Waals surface area (Å²) in [5.74, 6) is 0.567. The summed E-state index contributed by atoms with van der Waals surface area (Å²) < 4.78 is 24.6. The van der Waals surface area contributed by atoms with Gasteiger partial charge in [-0.25, -0.2) is 9.37 Å². The van der Waals surface area contributed by atoms with Crippen LogP contribution in [0.15, 0.2) is 34.9 Å². The quantitative estimate of drug-likeness (QED) is 0.800. The summed E-state index contributed by atoms with van der Waals surface area (Å²) in [4.78, 5) is 3.92. The summed E-state index contributed by atoms with van der Waals surface area (Å²) in [5.41, 5.74) is 0.979. The Kier molecular flexibility index (Phi) is 3.81. The monoisotopic (exact) mass is 311 g/mol. The predicted octanol–water partition coefficient (Wildman–Crippen LogP) is 4.09. The van der Waals surface area contributed by atoms with E-state index in [9.17, 15) is 4.39 Å². The van der Waals surface area contributed by atoms with E-state index < -0.39 is 5.82 Å². The van der Waals surface area contributed by atoms with Gasteiger partial charge in [-0.2, -0.15) is 0 Å². The fourth-order valence-electron chi connectivity index (χ4n) is 1.45. The molecular formula is C13H11BrFNO2. The highest BCUT2D eigenvalue weighted by molar-refractivity contribution is 9.10. The average molecular weight is 312 g/mol. The fraction of sp³-hybridized carbons (Fsp3) is 0.154. The van der Waals surface area contributed by atoms with Gasteiger partial charge in [0, 0.05) is 6.07 Å². The van der Waals surface area contributed by atoms with E-state index in [2.05, 4.69) is 20.9 Å². The third kappa shape index (κ3) is 2.79. The Morgan fingerprint density at radius 2 is 2.00 bits per heavy atom. The normalized spacial score (nSPS) is 10.2. The van der Waals surface area contributed by atoms with E-state index in [1.807, 2.05) is 13.0 Å². The lowest BCUT2D eigenvalue weighted by molar-refractivity contribution is 0.397. The van der Waals surface area contributed by atoms with Gasteiger partial charge in [0.05, 0.1) is 7.11 Å². The third-order valence-corrected chi connectivity index (χ3v) is 2.82. The molecule has 5 heteroatoms. The van der Waals surface area contributed by atoms with Gasteiger partial charge in [0.2, 0.25) is 0 Å². The number of hydrogen-bond acceptors (Lipinski definition) is 3. The molecule has 0 aliphatic heterocycles. The molecule has 94 valence electrons. The minimum Gasteiger partial charge on any atom is -0.496 e. The zero-order valence-electron chi connectivity index (χ0n) is 9.91. The van der Waals surface area contributed by atoms with Crippen LogP contribution in [-0.2, 0) is 0 Å². The average Bonchev–Trinajstić information content (AvgIpc) is 2.36. The van der Waals surface area contributed by atoms with E-state index >= 15 is 0 Å². The van der Waals surface area contributed by atoms with Crippen molar-refractivity contribution in [3.8, 4) is 17.4 Å². The van der Waals surface area contributed by atoms with Gasteiger partial charge in [-0.3, -0.25) is 0 Å². The smallest absolute Gasteiger partial charge is 0.256 e. The van der Waals surface area contributed by atoms with Gasteiger partial charge in [0.25, 0.3) is 5.88 Å². The Morgan fingerprint density at radius 1 is 1.22 bits per heavy atom. The molecule has 1 aromatic carbocycles. The molecule has 0 amide bonds. The van der Waals surface area contributed by atoms with Crippen molar-refractivity contribution in [3.05, 3.63) is 46.3 Å². The van der Waals surface area contributed by atoms with E-state index in [1.54, 1.807) is 19.2 Å². The Bertz CT molecular complexity index is 575. The van der Waals surface area contributed by atoms with Gasteiger partial charge in [-0.15, -0.1) is 0 Å². The molecule has 0 saturated heterocycles. The number of aryl methyl sites for hydroxylation is 1. The van der Waals surface area contributed by atoms with Crippen LogP contribution in [0.3, 0.4) is 0 Å². The number of aromatic nitrogens is 1. The first-order valence-corrected chi connectivity index (χ1v) is 6.04. The Morgan fingerprint density at radius 3 is 2.72 bits per heavy atom. The lowest BCUT2D eigenvalue weighted by Crippen LogP contribution is -1.94. The first-order chi connectivity index (χ1) is 8.60. The summed E-state index contributed by atoms with van der Waals surface area (Å²) in [6, 6.07) is 8.07. The van der Waals surface area contributed by atoms with Crippen LogP contribution in [0.4, 0.5) is 4.39 Å². The van der Waals surface area contributed by atoms with E-state index in [0.717, 1.165) is 5.56 Å². The topological polar surface area (TPSA) is 31.4 Å². The van der Waals surface area contributed by atoms with Crippen LogP contribution >= 0.6 is 15.9 Å². The van der Waals surface area contributed by atoms with Crippen molar-refractivity contribution >= 4 is 15.9 Å². The minimum absolute atomic E-state index is 0.0738. The number of pyridine rings is 1. The van der Waals surface area contributed by atoms with Crippen LogP contribution < -0.4 is 9.47 Å². The first-order valence-electron chi connectivity index (χ1n) is 5.24. The summed E-state index contributed by atoms with van der Waals surface area (Å²) in [6.45, 7) is 1.92. The Hall–Kier alpha value is -1.62. The lowest BCUT2D eigenvalue weighted by atomic mass is 10.2. The number of halogens is 2. The molecule has 1 aromatic heterocycles. The van der Waals surface area contributed by atoms with Gasteiger partial charge in [0.1, 0.15) is 16.1 Å². The van der Waals surface area contributed by atoms with Crippen molar-refractivity contribution in [1.29, 1.82) is 0 Å². The van der Waals surface area contributed by atoms with Crippen LogP contribution in [0.1, 0.15) is 5.56 Å². The number of hydrogen-bond donors (Lipinski definition) is 0. The highest BCUT2D eigenvalue weighted by Gasteiger charge is 2.08. The summed E-state index contributed by atoms with van der Waals surface area (Å²) in [5, 5.41) is 0. The molecule has 3 nitrogen and oxygen atoms in total. The molecule has 2 aromatic rings. The molecule has 18 heavy (non-hydrogen) atoms. The van der Waals surface area contributed by atoms with E-state index in [4.69, 9.17) is 9.47 Å². The molecule has 0 radical (unpaired) electrons. The molecule has 0 N–H and O–H groups in total. The van der Waals surface area contributed by atoms with Crippen molar-refractivity contribution in [2.75, 3.05) is 7.11 Å². The van der Waals surface area contributed by atoms with Gasteiger partial charge in [-0.05, 0) is 46.6 Å². The zero-order chi connectivity index (χ0) is 13.1. The minimum atomic E-state index is -0.516. The molecule has 0 aliphatic rings. The van der Waals surface area contributed by atoms with Gasteiger partial charge >= 0.3 is 0 Å². The van der Waals surface area contributed by atoms with Gasteiger partial charge < -0.3 is 9.47 Å². The van der Waals surface area contributed by atoms with Crippen LogP contribution in [0.5, 0.6) is 17.4 Å². The highest BCUT2D eigenvalue weighted by Crippen LogP contribution is 2.28. The molecule has 0 atom stereocenters. The molecule has 0 unspecified atom stereocenters. The maximum atomic E-state index is 13.5. The molecule has 0 bridgehead atoms. The predicted molar refractivity (Wildman–Crippen MR) is 69.7 cm³/mol. The van der Waals surface area contributed by atoms with Crippen LogP contribution in [0.2, 0.25) is 0 Å². The second kappa shape index (κ2) is 5.35. The number of nitrogens with zero attached hydrogens (tertiary/aromatic N) is 1. The SMILES string of the molecule is COc1cc(Oc2nc(Br)ccc2F)ccc1C. The van der Waals surface area contributed by atoms with Gasteiger partial charge in [0.15, 0.2) is 5.82 Å². The second-order valence-electron chi connectivity index (χ2n) is 3.65. The number of ether oxygens (including phenoxy) is 2. The lowest BCUT2D eigenvalue weighted by Gasteiger charge is -2.09. The fourth-order valence-corrected chi connectivity index (χ4v) is 1.74. The van der Waals surface area contributed by atoms with Crippen molar-refractivity contribution in [2.24, 2.45) is 0 Å². The Labute approximate surface area is 113 Å². The molecular weight excluding hydrogens is 301 g/mol. The molecule has 0 fully saturated rings. The molecule has 2 rings (SSSR count). The zero-order valence-corrected chi connectivity index (χ0v) is 11.5. The first kappa shape index (κ1) is 12.8. The molecule has 1 heterocycles. The third-order valence-electron chi connectivity index (χ3n) is 2.37. The molecule has 0 saturated carbocycles. The van der Waals surface area contributed by atoms with Crippen molar-refractivity contribution in [2.45, 2.75) is 6.92 Å². The van der Waals surface area contributed by atoms with E-state index in [1.165, 1.54) is 12.1 Å². The van der Waals surface area contributed by atoms with Crippen molar-refractivity contribution in [3.63, 3.8) is 0 Å². The molecule has 0 aliphatic carbocycles. The largest absolute Gasteiger partial charge is 0.496 e. The van der Waals surface area contributed by atoms with Crippen LogP contribution in [0, 0.1) is 12.7 Å². The van der Waals surface area contributed by atoms with Crippen molar-refractivity contribution < 1.29 is 13.9 Å². The highest BCUT2D eigenvalue weighted by atomic mass is 79.9. The Balaban J connectivity index is 2.31. The number of benzene rings is 1. The van der Waals surface area contributed by atoms with E-state index in [0.29, 0.717) is 16.1 Å².